The topological polar surface area (TPSA) is 66.4 Å². The fourth-order valence-electron chi connectivity index (χ4n) is 2.64. The molecule has 0 spiro atoms. The summed E-state index contributed by atoms with van der Waals surface area (Å²) in [5.41, 5.74) is 1.28. The average molecular weight is 283 g/mol. The van der Waals surface area contributed by atoms with Crippen LogP contribution in [-0.4, -0.2) is 19.3 Å². The van der Waals surface area contributed by atoms with E-state index in [2.05, 4.69) is 4.72 Å². The Labute approximate surface area is 114 Å². The molecule has 2 N–H and O–H groups in total. The Morgan fingerprint density at radius 3 is 2.58 bits per heavy atom. The van der Waals surface area contributed by atoms with E-state index in [9.17, 15) is 13.5 Å². The maximum atomic E-state index is 12.1. The maximum absolute atomic E-state index is 12.1. The Balaban J connectivity index is 2.03. The minimum Gasteiger partial charge on any atom is -0.508 e. The third kappa shape index (κ3) is 4.13. The van der Waals surface area contributed by atoms with Crippen LogP contribution in [0.4, 0.5) is 5.69 Å². The van der Waals surface area contributed by atoms with E-state index in [-0.39, 0.29) is 17.4 Å². The molecule has 0 aliphatic heterocycles. The van der Waals surface area contributed by atoms with Gasteiger partial charge in [-0.1, -0.05) is 19.3 Å². The molecule has 19 heavy (non-hydrogen) atoms. The molecule has 0 atom stereocenters. The average Bonchev–Trinajstić information content (AvgIpc) is 2.33. The third-order valence-electron chi connectivity index (χ3n) is 3.66. The SMILES string of the molecule is Cc1cc(O)ccc1NS(=O)(=O)CC1CCCCC1. The first-order chi connectivity index (χ1) is 8.96. The molecule has 1 aromatic carbocycles. The Hall–Kier alpha value is -1.23. The molecule has 1 fully saturated rings. The van der Waals surface area contributed by atoms with Crippen LogP contribution in [0.5, 0.6) is 5.75 Å². The summed E-state index contributed by atoms with van der Waals surface area (Å²) >= 11 is 0. The molecule has 106 valence electrons. The molecular formula is C14H21NO3S. The van der Waals surface area contributed by atoms with Gasteiger partial charge in [0.1, 0.15) is 5.75 Å². The molecule has 0 radical (unpaired) electrons. The largest absolute Gasteiger partial charge is 0.508 e. The summed E-state index contributed by atoms with van der Waals surface area (Å²) in [6, 6.07) is 4.65. The summed E-state index contributed by atoms with van der Waals surface area (Å²) < 4.78 is 26.9. The van der Waals surface area contributed by atoms with Crippen molar-refractivity contribution < 1.29 is 13.5 Å². The van der Waals surface area contributed by atoms with Gasteiger partial charge in [-0.25, -0.2) is 8.42 Å². The van der Waals surface area contributed by atoms with Crippen LogP contribution in [0.2, 0.25) is 0 Å². The molecule has 0 saturated heterocycles. The van der Waals surface area contributed by atoms with Gasteiger partial charge in [0.05, 0.1) is 11.4 Å². The van der Waals surface area contributed by atoms with Gasteiger partial charge in [-0.3, -0.25) is 4.72 Å². The van der Waals surface area contributed by atoms with Gasteiger partial charge in [0.25, 0.3) is 0 Å². The minimum absolute atomic E-state index is 0.146. The number of nitrogens with one attached hydrogen (secondary N) is 1. The lowest BCUT2D eigenvalue weighted by Crippen LogP contribution is -2.24. The first-order valence-electron chi connectivity index (χ1n) is 6.76. The van der Waals surface area contributed by atoms with Crippen molar-refractivity contribution in [3.63, 3.8) is 0 Å². The van der Waals surface area contributed by atoms with Crippen LogP contribution in [0.25, 0.3) is 0 Å². The lowest BCUT2D eigenvalue weighted by Gasteiger charge is -2.21. The number of aryl methyl sites for hydroxylation is 1. The minimum atomic E-state index is -3.30. The Morgan fingerprint density at radius 1 is 1.26 bits per heavy atom. The van der Waals surface area contributed by atoms with Crippen LogP contribution >= 0.6 is 0 Å². The number of hydrogen-bond acceptors (Lipinski definition) is 3. The second-order valence-corrected chi connectivity index (χ2v) is 7.15. The third-order valence-corrected chi connectivity index (χ3v) is 5.10. The highest BCUT2D eigenvalue weighted by Crippen LogP contribution is 2.26. The predicted molar refractivity (Wildman–Crippen MR) is 76.8 cm³/mol. The predicted octanol–water partition coefficient (Wildman–Crippen LogP) is 3.02. The van der Waals surface area contributed by atoms with E-state index >= 15 is 0 Å². The highest BCUT2D eigenvalue weighted by Gasteiger charge is 2.21. The van der Waals surface area contributed by atoms with Gasteiger partial charge >= 0.3 is 0 Å². The maximum Gasteiger partial charge on any atom is 0.233 e. The van der Waals surface area contributed by atoms with Crippen molar-refractivity contribution in [2.24, 2.45) is 5.92 Å². The van der Waals surface area contributed by atoms with Gasteiger partial charge in [0, 0.05) is 0 Å². The summed E-state index contributed by atoms with van der Waals surface area (Å²) in [6.07, 6.45) is 5.52. The molecule has 1 aliphatic carbocycles. The van der Waals surface area contributed by atoms with E-state index in [4.69, 9.17) is 0 Å². The zero-order chi connectivity index (χ0) is 13.9. The second kappa shape index (κ2) is 5.82. The number of anilines is 1. The van der Waals surface area contributed by atoms with Crippen LogP contribution in [-0.2, 0) is 10.0 Å². The molecule has 0 amide bonds. The van der Waals surface area contributed by atoms with Gasteiger partial charge in [-0.2, -0.15) is 0 Å². The number of phenolic OH excluding ortho intramolecular Hbond substituents is 1. The van der Waals surface area contributed by atoms with E-state index in [1.807, 2.05) is 0 Å². The van der Waals surface area contributed by atoms with Crippen molar-refractivity contribution in [2.45, 2.75) is 39.0 Å². The van der Waals surface area contributed by atoms with E-state index < -0.39 is 10.0 Å². The molecule has 1 aliphatic rings. The quantitative estimate of drug-likeness (QED) is 0.835. The zero-order valence-corrected chi connectivity index (χ0v) is 12.0. The summed E-state index contributed by atoms with van der Waals surface area (Å²) in [7, 11) is -3.30. The molecule has 0 aromatic heterocycles. The number of benzene rings is 1. The molecule has 0 bridgehead atoms. The van der Waals surface area contributed by atoms with Crippen molar-refractivity contribution in [1.82, 2.24) is 0 Å². The van der Waals surface area contributed by atoms with E-state index in [1.54, 1.807) is 19.1 Å². The first kappa shape index (κ1) is 14.2. The Bertz CT molecular complexity index is 534. The van der Waals surface area contributed by atoms with Crippen molar-refractivity contribution in [3.05, 3.63) is 23.8 Å². The number of phenols is 1. The van der Waals surface area contributed by atoms with Gasteiger partial charge in [0.2, 0.25) is 10.0 Å². The van der Waals surface area contributed by atoms with Gasteiger partial charge in [0.15, 0.2) is 0 Å². The fraction of sp³-hybridized carbons (Fsp3) is 0.571. The lowest BCUT2D eigenvalue weighted by atomic mass is 9.91. The van der Waals surface area contributed by atoms with Crippen LogP contribution in [0.15, 0.2) is 18.2 Å². The van der Waals surface area contributed by atoms with Gasteiger partial charge in [-0.15, -0.1) is 0 Å². The van der Waals surface area contributed by atoms with Crippen molar-refractivity contribution in [2.75, 3.05) is 10.5 Å². The fourth-order valence-corrected chi connectivity index (χ4v) is 4.24. The number of sulfonamides is 1. The second-order valence-electron chi connectivity index (χ2n) is 5.39. The van der Waals surface area contributed by atoms with Crippen molar-refractivity contribution in [3.8, 4) is 5.75 Å². The molecule has 0 heterocycles. The van der Waals surface area contributed by atoms with Gasteiger partial charge in [-0.05, 0) is 49.4 Å². The van der Waals surface area contributed by atoms with Crippen LogP contribution in [0, 0.1) is 12.8 Å². The normalized spacial score (nSPS) is 17.3. The van der Waals surface area contributed by atoms with Gasteiger partial charge < -0.3 is 5.11 Å². The number of aromatic hydroxyl groups is 1. The summed E-state index contributed by atoms with van der Waals surface area (Å²) in [4.78, 5) is 0. The molecule has 4 nitrogen and oxygen atoms in total. The Kier molecular flexibility index (Phi) is 4.34. The van der Waals surface area contributed by atoms with E-state index in [1.165, 1.54) is 12.5 Å². The summed E-state index contributed by atoms with van der Waals surface area (Å²) in [5.74, 6) is 0.629. The lowest BCUT2D eigenvalue weighted by molar-refractivity contribution is 0.385. The first-order valence-corrected chi connectivity index (χ1v) is 8.41. The Morgan fingerprint density at radius 2 is 1.95 bits per heavy atom. The zero-order valence-electron chi connectivity index (χ0n) is 11.2. The van der Waals surface area contributed by atoms with Crippen molar-refractivity contribution in [1.29, 1.82) is 0 Å². The molecular weight excluding hydrogens is 262 g/mol. The molecule has 2 rings (SSSR count). The molecule has 0 unspecified atom stereocenters. The van der Waals surface area contributed by atoms with E-state index in [0.717, 1.165) is 31.2 Å². The number of hydrogen-bond donors (Lipinski definition) is 2. The molecule has 5 heteroatoms. The molecule has 1 aromatic rings. The van der Waals surface area contributed by atoms with Crippen LogP contribution in [0.1, 0.15) is 37.7 Å². The highest BCUT2D eigenvalue weighted by atomic mass is 32.2. The smallest absolute Gasteiger partial charge is 0.233 e. The number of rotatable bonds is 4. The highest BCUT2D eigenvalue weighted by molar-refractivity contribution is 7.92. The monoisotopic (exact) mass is 283 g/mol. The standard InChI is InChI=1S/C14H21NO3S/c1-11-9-13(16)7-8-14(11)15-19(17,18)10-12-5-3-2-4-6-12/h7-9,12,15-16H,2-6,10H2,1H3. The van der Waals surface area contributed by atoms with Crippen LogP contribution < -0.4 is 4.72 Å². The summed E-state index contributed by atoms with van der Waals surface area (Å²) in [5, 5.41) is 9.32. The summed E-state index contributed by atoms with van der Waals surface area (Å²) in [6.45, 7) is 1.78. The van der Waals surface area contributed by atoms with Crippen molar-refractivity contribution >= 4 is 15.7 Å². The van der Waals surface area contributed by atoms with E-state index in [0.29, 0.717) is 5.69 Å². The molecule has 1 saturated carbocycles. The van der Waals surface area contributed by atoms with Crippen LogP contribution in [0.3, 0.4) is 0 Å².